The first-order valence-electron chi connectivity index (χ1n) is 11.7. The van der Waals surface area contributed by atoms with E-state index in [0.29, 0.717) is 13.1 Å². The molecule has 5 rings (SSSR count). The standard InChI is InChI=1S/C26H29N5O/c32-26(28-16-14-21-11-4-5-15-27-21)20-10-7-17-31(18-20)25-22-12-6-13-23(22)29-24(30-25)19-8-2-1-3-9-19/h1-5,8-9,11,15,20H,6-7,10,12-14,16-18H2,(H,28,32)/t20-/m0/s1. The van der Waals surface area contributed by atoms with Gasteiger partial charge in [0.1, 0.15) is 5.82 Å². The molecule has 1 fully saturated rings. The van der Waals surface area contributed by atoms with Crippen molar-refractivity contribution in [3.05, 3.63) is 71.7 Å². The first kappa shape index (κ1) is 20.6. The van der Waals surface area contributed by atoms with Gasteiger partial charge in [-0.05, 0) is 44.2 Å². The molecule has 1 aromatic carbocycles. The van der Waals surface area contributed by atoms with Crippen LogP contribution in [0, 0.1) is 5.92 Å². The van der Waals surface area contributed by atoms with Crippen LogP contribution < -0.4 is 10.2 Å². The van der Waals surface area contributed by atoms with Crippen molar-refractivity contribution in [2.45, 2.75) is 38.5 Å². The number of hydrogen-bond acceptors (Lipinski definition) is 5. The molecular weight excluding hydrogens is 398 g/mol. The average molecular weight is 428 g/mol. The van der Waals surface area contributed by atoms with Crippen molar-refractivity contribution in [1.82, 2.24) is 20.3 Å². The Morgan fingerprint density at radius 3 is 2.75 bits per heavy atom. The van der Waals surface area contributed by atoms with E-state index < -0.39 is 0 Å². The summed E-state index contributed by atoms with van der Waals surface area (Å²) in [5.41, 5.74) is 4.50. The first-order valence-corrected chi connectivity index (χ1v) is 11.7. The predicted molar refractivity (Wildman–Crippen MR) is 125 cm³/mol. The fourth-order valence-corrected chi connectivity index (χ4v) is 4.78. The van der Waals surface area contributed by atoms with Gasteiger partial charge < -0.3 is 10.2 Å². The van der Waals surface area contributed by atoms with E-state index in [1.54, 1.807) is 6.20 Å². The molecule has 164 valence electrons. The molecule has 0 bridgehead atoms. The molecule has 1 aliphatic heterocycles. The average Bonchev–Trinajstić information content (AvgIpc) is 3.33. The number of carbonyl (C=O) groups excluding carboxylic acids is 1. The summed E-state index contributed by atoms with van der Waals surface area (Å²) in [5, 5.41) is 3.12. The quantitative estimate of drug-likeness (QED) is 0.651. The zero-order chi connectivity index (χ0) is 21.8. The third kappa shape index (κ3) is 4.49. The van der Waals surface area contributed by atoms with Gasteiger partial charge in [-0.2, -0.15) is 0 Å². The number of fused-ring (bicyclic) bond motifs is 1. The molecule has 3 aromatic rings. The van der Waals surface area contributed by atoms with Gasteiger partial charge in [0, 0.05) is 54.8 Å². The Balaban J connectivity index is 1.30. The summed E-state index contributed by atoms with van der Waals surface area (Å²) in [7, 11) is 0. The van der Waals surface area contributed by atoms with E-state index in [1.807, 2.05) is 36.4 Å². The smallest absolute Gasteiger partial charge is 0.224 e. The molecule has 1 atom stereocenters. The van der Waals surface area contributed by atoms with Crippen LogP contribution in [0.2, 0.25) is 0 Å². The van der Waals surface area contributed by atoms with Crippen LogP contribution in [0.4, 0.5) is 5.82 Å². The van der Waals surface area contributed by atoms with E-state index >= 15 is 0 Å². The number of nitrogens with one attached hydrogen (secondary N) is 1. The maximum atomic E-state index is 12.9. The highest BCUT2D eigenvalue weighted by atomic mass is 16.1. The molecule has 2 aliphatic rings. The number of carbonyl (C=O) groups is 1. The van der Waals surface area contributed by atoms with Crippen LogP contribution in [0.5, 0.6) is 0 Å². The van der Waals surface area contributed by atoms with E-state index in [9.17, 15) is 4.79 Å². The number of pyridine rings is 1. The van der Waals surface area contributed by atoms with Gasteiger partial charge in [0.05, 0.1) is 5.92 Å². The summed E-state index contributed by atoms with van der Waals surface area (Å²) in [4.78, 5) is 29.4. The molecule has 1 saturated heterocycles. The summed E-state index contributed by atoms with van der Waals surface area (Å²) < 4.78 is 0. The van der Waals surface area contributed by atoms with E-state index in [-0.39, 0.29) is 11.8 Å². The fourth-order valence-electron chi connectivity index (χ4n) is 4.78. The van der Waals surface area contributed by atoms with Crippen LogP contribution in [0.1, 0.15) is 36.2 Å². The lowest BCUT2D eigenvalue weighted by molar-refractivity contribution is -0.125. The molecule has 6 nitrogen and oxygen atoms in total. The summed E-state index contributed by atoms with van der Waals surface area (Å²) in [6.45, 7) is 2.27. The van der Waals surface area contributed by atoms with Gasteiger partial charge in [0.25, 0.3) is 0 Å². The number of amides is 1. The summed E-state index contributed by atoms with van der Waals surface area (Å²) >= 11 is 0. The molecular formula is C26H29N5O. The van der Waals surface area contributed by atoms with Gasteiger partial charge in [-0.15, -0.1) is 0 Å². The highest BCUT2D eigenvalue weighted by Crippen LogP contribution is 2.33. The zero-order valence-corrected chi connectivity index (χ0v) is 18.3. The van der Waals surface area contributed by atoms with E-state index in [2.05, 4.69) is 27.3 Å². The number of rotatable bonds is 6. The second-order valence-electron chi connectivity index (χ2n) is 8.66. The van der Waals surface area contributed by atoms with Crippen LogP contribution in [0.15, 0.2) is 54.7 Å². The molecule has 0 unspecified atom stereocenters. The van der Waals surface area contributed by atoms with Crippen LogP contribution >= 0.6 is 0 Å². The van der Waals surface area contributed by atoms with E-state index in [4.69, 9.17) is 9.97 Å². The lowest BCUT2D eigenvalue weighted by Gasteiger charge is -2.34. The first-order chi connectivity index (χ1) is 15.8. The molecule has 1 amide bonds. The SMILES string of the molecule is O=C(NCCc1ccccn1)[C@H]1CCCN(c2nc(-c3ccccc3)nc3c2CCC3)C1. The minimum Gasteiger partial charge on any atom is -0.355 e. The molecule has 2 aromatic heterocycles. The van der Waals surface area contributed by atoms with E-state index in [0.717, 1.165) is 68.0 Å². The van der Waals surface area contributed by atoms with Gasteiger partial charge in [0.15, 0.2) is 5.82 Å². The molecule has 0 saturated carbocycles. The van der Waals surface area contributed by atoms with Crippen LogP contribution in [-0.4, -0.2) is 40.5 Å². The third-order valence-electron chi connectivity index (χ3n) is 6.44. The third-order valence-corrected chi connectivity index (χ3v) is 6.44. The second kappa shape index (κ2) is 9.47. The number of nitrogens with zero attached hydrogens (tertiary/aromatic N) is 4. The predicted octanol–water partition coefficient (Wildman–Crippen LogP) is 3.60. The molecule has 0 radical (unpaired) electrons. The van der Waals surface area contributed by atoms with Crippen LogP contribution in [0.3, 0.4) is 0 Å². The second-order valence-corrected chi connectivity index (χ2v) is 8.66. The van der Waals surface area contributed by atoms with Gasteiger partial charge in [-0.1, -0.05) is 36.4 Å². The van der Waals surface area contributed by atoms with Crippen molar-refractivity contribution in [2.75, 3.05) is 24.5 Å². The minimum absolute atomic E-state index is 0.0142. The maximum Gasteiger partial charge on any atom is 0.224 e. The van der Waals surface area contributed by atoms with E-state index in [1.165, 1.54) is 11.3 Å². The maximum absolute atomic E-state index is 12.9. The topological polar surface area (TPSA) is 71.0 Å². The largest absolute Gasteiger partial charge is 0.355 e. The lowest BCUT2D eigenvalue weighted by Crippen LogP contribution is -2.44. The highest BCUT2D eigenvalue weighted by Gasteiger charge is 2.30. The van der Waals surface area contributed by atoms with Crippen molar-refractivity contribution in [1.29, 1.82) is 0 Å². The number of hydrogen-bond donors (Lipinski definition) is 1. The zero-order valence-electron chi connectivity index (χ0n) is 18.3. The Morgan fingerprint density at radius 1 is 1.03 bits per heavy atom. The highest BCUT2D eigenvalue weighted by molar-refractivity contribution is 5.79. The molecule has 32 heavy (non-hydrogen) atoms. The fraction of sp³-hybridized carbons (Fsp3) is 0.385. The normalized spacial score (nSPS) is 17.8. The minimum atomic E-state index is -0.0142. The number of aromatic nitrogens is 3. The van der Waals surface area contributed by atoms with Gasteiger partial charge in [0.2, 0.25) is 5.91 Å². The molecule has 1 aliphatic carbocycles. The Labute approximate surface area is 189 Å². The molecule has 1 N–H and O–H groups in total. The van der Waals surface area contributed by atoms with Crippen molar-refractivity contribution >= 4 is 11.7 Å². The van der Waals surface area contributed by atoms with Crippen molar-refractivity contribution in [3.8, 4) is 11.4 Å². The van der Waals surface area contributed by atoms with Gasteiger partial charge in [-0.25, -0.2) is 9.97 Å². The van der Waals surface area contributed by atoms with Gasteiger partial charge in [-0.3, -0.25) is 9.78 Å². The summed E-state index contributed by atoms with van der Waals surface area (Å²) in [6, 6.07) is 16.1. The van der Waals surface area contributed by atoms with Crippen molar-refractivity contribution in [3.63, 3.8) is 0 Å². The number of piperidine rings is 1. The monoisotopic (exact) mass is 427 g/mol. The Bertz CT molecular complexity index is 1070. The Morgan fingerprint density at radius 2 is 1.91 bits per heavy atom. The van der Waals surface area contributed by atoms with Crippen LogP contribution in [-0.2, 0) is 24.1 Å². The van der Waals surface area contributed by atoms with Crippen molar-refractivity contribution in [2.24, 2.45) is 5.92 Å². The number of benzene rings is 1. The van der Waals surface area contributed by atoms with Gasteiger partial charge >= 0.3 is 0 Å². The summed E-state index contributed by atoms with van der Waals surface area (Å²) in [5.74, 6) is 1.96. The lowest BCUT2D eigenvalue weighted by atomic mass is 9.96. The van der Waals surface area contributed by atoms with Crippen molar-refractivity contribution < 1.29 is 4.79 Å². The molecule has 0 spiro atoms. The summed E-state index contributed by atoms with van der Waals surface area (Å²) in [6.07, 6.45) is 7.62. The number of aryl methyl sites for hydroxylation is 1. The molecule has 3 heterocycles. The number of anilines is 1. The van der Waals surface area contributed by atoms with Crippen LogP contribution in [0.25, 0.3) is 11.4 Å². The molecule has 6 heteroatoms. The Kier molecular flexibility index (Phi) is 6.10. The Hall–Kier alpha value is -3.28.